The van der Waals surface area contributed by atoms with Crippen molar-refractivity contribution in [3.8, 4) is 0 Å². The number of carbonyl (C=O) groups excluding carboxylic acids is 2. The summed E-state index contributed by atoms with van der Waals surface area (Å²) in [7, 11) is 0. The van der Waals surface area contributed by atoms with Gasteiger partial charge in [-0.3, -0.25) is 14.7 Å². The molecule has 2 atom stereocenters. The molecule has 0 unspecified atom stereocenters. The standard InChI is InChI=1S/C29H35FN6O5S/c1-3-41-28(39)23-22(17-34-11-13-35(14-12-34)29(40)36-10-5-6-19(16-36)27(37)38)32-25(26-31-9-15-42-26)33-24(23)20-7-4-8-21(30)18(20)2/h4,7-9,15,19,24H,3,5-6,10-14,16-17H2,1-2H3,(H,32,33)(H,37,38)/t19-,24-/m0/s1. The number of nitrogens with one attached hydrogen (secondary N) is 1. The fraction of sp³-hybridized carbons (Fsp3) is 0.483. The number of aliphatic imine (C=N–C) groups is 1. The summed E-state index contributed by atoms with van der Waals surface area (Å²) < 4.78 is 20.1. The molecule has 0 aliphatic carbocycles. The largest absolute Gasteiger partial charge is 0.481 e. The number of esters is 1. The number of ether oxygens (including phenoxy) is 1. The van der Waals surface area contributed by atoms with Crippen LogP contribution in [0.5, 0.6) is 0 Å². The van der Waals surface area contributed by atoms with Crippen LogP contribution in [0.15, 0.2) is 46.0 Å². The minimum absolute atomic E-state index is 0.136. The second kappa shape index (κ2) is 13.0. The Kier molecular flexibility index (Phi) is 9.17. The van der Waals surface area contributed by atoms with E-state index in [4.69, 9.17) is 9.73 Å². The molecule has 0 radical (unpaired) electrons. The van der Waals surface area contributed by atoms with Crippen LogP contribution in [-0.2, 0) is 14.3 Å². The van der Waals surface area contributed by atoms with Crippen molar-refractivity contribution < 1.29 is 28.6 Å². The van der Waals surface area contributed by atoms with Crippen molar-refractivity contribution in [2.45, 2.75) is 32.7 Å². The molecular formula is C29H35FN6O5S. The quantitative estimate of drug-likeness (QED) is 0.466. The van der Waals surface area contributed by atoms with Gasteiger partial charge in [-0.2, -0.15) is 0 Å². The van der Waals surface area contributed by atoms with E-state index in [0.717, 1.165) is 0 Å². The maximum absolute atomic E-state index is 14.7. The minimum atomic E-state index is -0.865. The second-order valence-corrected chi connectivity index (χ2v) is 11.5. The molecule has 5 rings (SSSR count). The Morgan fingerprint density at radius 3 is 2.64 bits per heavy atom. The highest BCUT2D eigenvalue weighted by atomic mass is 32.1. The summed E-state index contributed by atoms with van der Waals surface area (Å²) in [5.41, 5.74) is 1.89. The topological polar surface area (TPSA) is 128 Å². The van der Waals surface area contributed by atoms with Gasteiger partial charge < -0.3 is 25.0 Å². The lowest BCUT2D eigenvalue weighted by Gasteiger charge is -2.40. The Morgan fingerprint density at radius 1 is 1.17 bits per heavy atom. The van der Waals surface area contributed by atoms with E-state index in [1.54, 1.807) is 42.0 Å². The van der Waals surface area contributed by atoms with Crippen LogP contribution in [0.1, 0.15) is 41.9 Å². The summed E-state index contributed by atoms with van der Waals surface area (Å²) in [5, 5.41) is 15.2. The number of carboxylic acid groups (broad SMARTS) is 1. The van der Waals surface area contributed by atoms with Crippen LogP contribution in [0.4, 0.5) is 9.18 Å². The molecule has 2 aromatic rings. The third-order valence-corrected chi connectivity index (χ3v) is 8.71. The number of amidine groups is 1. The highest BCUT2D eigenvalue weighted by Gasteiger charge is 2.36. The maximum Gasteiger partial charge on any atom is 0.338 e. The first kappa shape index (κ1) is 29.6. The van der Waals surface area contributed by atoms with Crippen LogP contribution in [0.3, 0.4) is 0 Å². The number of nitrogens with zero attached hydrogens (tertiary/aromatic N) is 5. The smallest absolute Gasteiger partial charge is 0.338 e. The van der Waals surface area contributed by atoms with E-state index < -0.39 is 23.9 Å². The number of benzene rings is 1. The number of hydrogen-bond donors (Lipinski definition) is 2. The van der Waals surface area contributed by atoms with Gasteiger partial charge in [-0.05, 0) is 43.9 Å². The molecule has 42 heavy (non-hydrogen) atoms. The summed E-state index contributed by atoms with van der Waals surface area (Å²) in [6.07, 6.45) is 2.93. The van der Waals surface area contributed by atoms with E-state index in [0.29, 0.717) is 85.4 Å². The van der Waals surface area contributed by atoms with Crippen molar-refractivity contribution in [2.75, 3.05) is 52.4 Å². The highest BCUT2D eigenvalue weighted by Crippen LogP contribution is 2.35. The van der Waals surface area contributed by atoms with Gasteiger partial charge in [0, 0.05) is 63.1 Å². The first-order chi connectivity index (χ1) is 20.3. The number of likely N-dealkylation sites (tertiary alicyclic amines) is 1. The van der Waals surface area contributed by atoms with E-state index in [9.17, 15) is 23.9 Å². The van der Waals surface area contributed by atoms with Crippen molar-refractivity contribution in [1.29, 1.82) is 0 Å². The van der Waals surface area contributed by atoms with Gasteiger partial charge in [0.05, 0.1) is 18.1 Å². The van der Waals surface area contributed by atoms with E-state index in [-0.39, 0.29) is 25.0 Å². The molecule has 2 fully saturated rings. The van der Waals surface area contributed by atoms with Crippen molar-refractivity contribution in [2.24, 2.45) is 10.9 Å². The predicted octanol–water partition coefficient (Wildman–Crippen LogP) is 3.03. The van der Waals surface area contributed by atoms with Crippen molar-refractivity contribution in [1.82, 2.24) is 25.0 Å². The fourth-order valence-corrected chi connectivity index (χ4v) is 6.23. The summed E-state index contributed by atoms with van der Waals surface area (Å²) in [6.45, 7) is 6.76. The number of thiazole rings is 1. The number of carbonyl (C=O) groups is 3. The third kappa shape index (κ3) is 6.31. The van der Waals surface area contributed by atoms with Crippen LogP contribution >= 0.6 is 11.3 Å². The van der Waals surface area contributed by atoms with Crippen LogP contribution in [0, 0.1) is 18.7 Å². The van der Waals surface area contributed by atoms with Crippen molar-refractivity contribution in [3.63, 3.8) is 0 Å². The van der Waals surface area contributed by atoms with Gasteiger partial charge in [-0.1, -0.05) is 12.1 Å². The molecule has 0 spiro atoms. The van der Waals surface area contributed by atoms with E-state index in [2.05, 4.69) is 15.2 Å². The van der Waals surface area contributed by atoms with Crippen LogP contribution < -0.4 is 5.32 Å². The second-order valence-electron chi connectivity index (χ2n) is 10.6. The van der Waals surface area contributed by atoms with Gasteiger partial charge >= 0.3 is 18.0 Å². The Hall–Kier alpha value is -3.84. The highest BCUT2D eigenvalue weighted by molar-refractivity contribution is 7.11. The lowest BCUT2D eigenvalue weighted by molar-refractivity contribution is -0.143. The van der Waals surface area contributed by atoms with Crippen molar-refractivity contribution >= 4 is 35.1 Å². The zero-order valence-corrected chi connectivity index (χ0v) is 24.5. The van der Waals surface area contributed by atoms with E-state index in [1.807, 2.05) is 5.38 Å². The summed E-state index contributed by atoms with van der Waals surface area (Å²) in [5.74, 6) is -1.81. The summed E-state index contributed by atoms with van der Waals surface area (Å²) >= 11 is 1.40. The predicted molar refractivity (Wildman–Crippen MR) is 155 cm³/mol. The number of rotatable bonds is 7. The molecule has 3 aliphatic heterocycles. The molecule has 13 heteroatoms. The molecule has 2 saturated heterocycles. The molecular weight excluding hydrogens is 563 g/mol. The average Bonchev–Trinajstić information content (AvgIpc) is 3.54. The lowest BCUT2D eigenvalue weighted by Crippen LogP contribution is -2.55. The fourth-order valence-electron chi connectivity index (χ4n) is 5.64. The molecule has 2 N–H and O–H groups in total. The van der Waals surface area contributed by atoms with Crippen molar-refractivity contribution in [3.05, 3.63) is 63.0 Å². The molecule has 224 valence electrons. The van der Waals surface area contributed by atoms with Gasteiger partial charge in [0.1, 0.15) is 11.9 Å². The third-order valence-electron chi connectivity index (χ3n) is 7.93. The average molecular weight is 599 g/mol. The molecule has 0 bridgehead atoms. The number of aliphatic carboxylic acids is 1. The number of halogens is 1. The van der Waals surface area contributed by atoms with E-state index in [1.165, 1.54) is 17.4 Å². The number of aromatic nitrogens is 1. The number of piperidine rings is 1. The number of urea groups is 1. The molecule has 4 heterocycles. The summed E-state index contributed by atoms with van der Waals surface area (Å²) in [4.78, 5) is 52.8. The zero-order chi connectivity index (χ0) is 29.8. The van der Waals surface area contributed by atoms with Crippen LogP contribution in [0.2, 0.25) is 0 Å². The molecule has 3 aliphatic rings. The number of amides is 2. The Bertz CT molecular complexity index is 1390. The number of carboxylic acids is 1. The monoisotopic (exact) mass is 598 g/mol. The van der Waals surface area contributed by atoms with Crippen LogP contribution in [0.25, 0.3) is 0 Å². The first-order valence-electron chi connectivity index (χ1n) is 14.2. The zero-order valence-electron chi connectivity index (χ0n) is 23.7. The SMILES string of the molecule is CCOC(=O)C1=C(CN2CCN(C(=O)N3CCC[C@H](C(=O)O)C3)CC2)NC(c2nccs2)=N[C@H]1c1cccc(F)c1C. The lowest BCUT2D eigenvalue weighted by atomic mass is 9.92. The molecule has 1 aromatic carbocycles. The van der Waals surface area contributed by atoms with Crippen LogP contribution in [-0.4, -0.2) is 101 Å². The molecule has 11 nitrogen and oxygen atoms in total. The van der Waals surface area contributed by atoms with Gasteiger partial charge in [0.2, 0.25) is 0 Å². The normalized spacial score (nSPS) is 21.5. The van der Waals surface area contributed by atoms with Gasteiger partial charge in [0.15, 0.2) is 10.8 Å². The van der Waals surface area contributed by atoms with Gasteiger partial charge in [-0.15, -0.1) is 11.3 Å². The summed E-state index contributed by atoms with van der Waals surface area (Å²) in [6, 6.07) is 3.83. The van der Waals surface area contributed by atoms with Gasteiger partial charge in [-0.25, -0.2) is 19.0 Å². The number of piperazine rings is 1. The maximum atomic E-state index is 14.7. The molecule has 1 aromatic heterocycles. The molecule has 0 saturated carbocycles. The first-order valence-corrected chi connectivity index (χ1v) is 15.0. The minimum Gasteiger partial charge on any atom is -0.481 e. The number of hydrogen-bond acceptors (Lipinski definition) is 9. The Balaban J connectivity index is 1.38. The van der Waals surface area contributed by atoms with Gasteiger partial charge in [0.25, 0.3) is 0 Å². The van der Waals surface area contributed by atoms with E-state index >= 15 is 0 Å². The Labute approximate surface area is 247 Å². The molecule has 2 amide bonds. The Morgan fingerprint density at radius 2 is 1.95 bits per heavy atom.